The van der Waals surface area contributed by atoms with Crippen LogP contribution in [0.15, 0.2) is 58.1 Å². The molecule has 1 N–H and O–H groups in total. The lowest BCUT2D eigenvalue weighted by Gasteiger charge is -2.29. The van der Waals surface area contributed by atoms with Crippen LogP contribution in [0.25, 0.3) is 5.57 Å². The molecule has 0 saturated heterocycles. The second-order valence-corrected chi connectivity index (χ2v) is 6.19. The van der Waals surface area contributed by atoms with Gasteiger partial charge in [-0.25, -0.2) is 0 Å². The molecule has 0 radical (unpaired) electrons. The third-order valence-electron chi connectivity index (χ3n) is 4.49. The number of rotatable bonds is 6. The summed E-state index contributed by atoms with van der Waals surface area (Å²) in [6.07, 6.45) is 5.86. The highest BCUT2D eigenvalue weighted by atomic mass is 127. The first-order chi connectivity index (χ1) is 12.8. The molecular weight excluding hydrogens is 453 g/mol. The molecule has 1 aromatic heterocycles. The van der Waals surface area contributed by atoms with Crippen LogP contribution in [0.5, 0.6) is 5.75 Å². The Hall–Kier alpha value is -1.96. The number of furan rings is 1. The summed E-state index contributed by atoms with van der Waals surface area (Å²) >= 11 is 0. The van der Waals surface area contributed by atoms with Crippen molar-refractivity contribution in [1.82, 2.24) is 10.2 Å². The molecule has 0 fully saturated rings. The van der Waals surface area contributed by atoms with Gasteiger partial charge in [0.15, 0.2) is 5.96 Å². The summed E-state index contributed by atoms with van der Waals surface area (Å²) in [5, 5.41) is 3.42. The monoisotopic (exact) mass is 481 g/mol. The van der Waals surface area contributed by atoms with Gasteiger partial charge < -0.3 is 19.4 Å². The largest absolute Gasteiger partial charge is 0.494 e. The maximum Gasteiger partial charge on any atom is 0.193 e. The predicted octanol–water partition coefficient (Wildman–Crippen LogP) is 4.20. The maximum atomic E-state index is 5.52. The van der Waals surface area contributed by atoms with Crippen LogP contribution in [0.1, 0.15) is 24.7 Å². The minimum absolute atomic E-state index is 0. The van der Waals surface area contributed by atoms with Crippen molar-refractivity contribution in [3.05, 3.63) is 60.1 Å². The highest BCUT2D eigenvalue weighted by molar-refractivity contribution is 14.0. The van der Waals surface area contributed by atoms with Crippen molar-refractivity contribution in [3.63, 3.8) is 0 Å². The van der Waals surface area contributed by atoms with Crippen LogP contribution in [-0.4, -0.2) is 44.1 Å². The summed E-state index contributed by atoms with van der Waals surface area (Å²) < 4.78 is 10.9. The molecule has 146 valence electrons. The van der Waals surface area contributed by atoms with Gasteiger partial charge in [-0.1, -0.05) is 18.2 Å². The van der Waals surface area contributed by atoms with Crippen LogP contribution in [0, 0.1) is 0 Å². The summed E-state index contributed by atoms with van der Waals surface area (Å²) in [4.78, 5) is 6.69. The minimum atomic E-state index is 0. The van der Waals surface area contributed by atoms with Gasteiger partial charge in [-0.05, 0) is 48.7 Å². The zero-order chi connectivity index (χ0) is 18.2. The average Bonchev–Trinajstić information content (AvgIpc) is 3.20. The highest BCUT2D eigenvalue weighted by Gasteiger charge is 2.16. The molecule has 0 saturated carbocycles. The minimum Gasteiger partial charge on any atom is -0.494 e. The number of hydrogen-bond donors (Lipinski definition) is 1. The van der Waals surface area contributed by atoms with Crippen LogP contribution in [0.2, 0.25) is 0 Å². The molecule has 0 spiro atoms. The number of nitrogens with zero attached hydrogens (tertiary/aromatic N) is 2. The Bertz CT molecular complexity index is 739. The van der Waals surface area contributed by atoms with Crippen molar-refractivity contribution in [3.8, 4) is 5.75 Å². The van der Waals surface area contributed by atoms with E-state index in [0.29, 0.717) is 6.61 Å². The molecule has 0 bridgehead atoms. The van der Waals surface area contributed by atoms with E-state index in [2.05, 4.69) is 33.4 Å². The van der Waals surface area contributed by atoms with Crippen molar-refractivity contribution in [2.75, 3.05) is 33.3 Å². The zero-order valence-corrected chi connectivity index (χ0v) is 18.3. The molecule has 1 aliphatic rings. The smallest absolute Gasteiger partial charge is 0.193 e. The number of hydrogen-bond acceptors (Lipinski definition) is 3. The van der Waals surface area contributed by atoms with E-state index in [1.165, 1.54) is 11.1 Å². The fourth-order valence-electron chi connectivity index (χ4n) is 3.14. The predicted molar refractivity (Wildman–Crippen MR) is 121 cm³/mol. The SMILES string of the molecule is CCOc1ccc(C2=CCN(C(=NC)NCCc3ccco3)CC2)cc1.I. The van der Waals surface area contributed by atoms with Crippen molar-refractivity contribution in [2.45, 2.75) is 19.8 Å². The van der Waals surface area contributed by atoms with Crippen molar-refractivity contribution in [1.29, 1.82) is 0 Å². The first-order valence-electron chi connectivity index (χ1n) is 9.20. The van der Waals surface area contributed by atoms with Gasteiger partial charge in [-0.2, -0.15) is 0 Å². The number of benzene rings is 1. The Balaban J connectivity index is 0.00000261. The van der Waals surface area contributed by atoms with Crippen LogP contribution in [0.3, 0.4) is 0 Å². The summed E-state index contributed by atoms with van der Waals surface area (Å²) in [6, 6.07) is 12.3. The maximum absolute atomic E-state index is 5.52. The molecule has 1 aliphatic heterocycles. The topological polar surface area (TPSA) is 50.0 Å². The molecule has 1 aromatic carbocycles. The Kier molecular flexibility index (Phi) is 8.71. The molecule has 0 amide bonds. The van der Waals surface area contributed by atoms with Gasteiger partial charge in [0.05, 0.1) is 12.9 Å². The molecule has 0 aliphatic carbocycles. The van der Waals surface area contributed by atoms with E-state index in [1.54, 1.807) is 6.26 Å². The van der Waals surface area contributed by atoms with Crippen molar-refractivity contribution >= 4 is 35.5 Å². The summed E-state index contributed by atoms with van der Waals surface area (Å²) in [5.74, 6) is 2.86. The fraction of sp³-hybridized carbons (Fsp3) is 0.381. The Labute approximate surface area is 178 Å². The molecular formula is C21H28IN3O2. The third kappa shape index (κ3) is 6.02. The van der Waals surface area contributed by atoms with Crippen molar-refractivity contribution < 1.29 is 9.15 Å². The number of ether oxygens (including phenoxy) is 1. The zero-order valence-electron chi connectivity index (χ0n) is 16.0. The molecule has 3 rings (SSSR count). The van der Waals surface area contributed by atoms with Crippen LogP contribution in [-0.2, 0) is 6.42 Å². The normalized spacial score (nSPS) is 14.4. The van der Waals surface area contributed by atoms with Crippen LogP contribution >= 0.6 is 24.0 Å². The van der Waals surface area contributed by atoms with E-state index in [1.807, 2.05) is 38.2 Å². The standard InChI is InChI=1S/C21H27N3O2.HI/c1-3-25-20-8-6-17(7-9-20)18-11-14-24(15-12-18)21(22-2)23-13-10-19-5-4-16-26-19;/h4-9,11,16H,3,10,12-15H2,1-2H3,(H,22,23);1H. The molecule has 27 heavy (non-hydrogen) atoms. The Morgan fingerprint density at radius 1 is 1.26 bits per heavy atom. The van der Waals surface area contributed by atoms with Gasteiger partial charge in [-0.15, -0.1) is 24.0 Å². The van der Waals surface area contributed by atoms with E-state index in [-0.39, 0.29) is 24.0 Å². The molecule has 5 nitrogen and oxygen atoms in total. The van der Waals surface area contributed by atoms with Crippen LogP contribution in [0.4, 0.5) is 0 Å². The van der Waals surface area contributed by atoms with Crippen molar-refractivity contribution in [2.24, 2.45) is 4.99 Å². The molecule has 2 heterocycles. The van der Waals surface area contributed by atoms with E-state index >= 15 is 0 Å². The Morgan fingerprint density at radius 3 is 2.67 bits per heavy atom. The number of halogens is 1. The summed E-state index contributed by atoms with van der Waals surface area (Å²) in [7, 11) is 1.83. The lowest BCUT2D eigenvalue weighted by Crippen LogP contribution is -2.44. The highest BCUT2D eigenvalue weighted by Crippen LogP contribution is 2.24. The number of guanidine groups is 1. The summed E-state index contributed by atoms with van der Waals surface area (Å²) in [5.41, 5.74) is 2.66. The molecule has 6 heteroatoms. The van der Waals surface area contributed by atoms with Gasteiger partial charge in [0.2, 0.25) is 0 Å². The third-order valence-corrected chi connectivity index (χ3v) is 4.49. The first-order valence-corrected chi connectivity index (χ1v) is 9.20. The molecule has 2 aromatic rings. The van der Waals surface area contributed by atoms with E-state index in [4.69, 9.17) is 9.15 Å². The van der Waals surface area contributed by atoms with Gasteiger partial charge in [0.1, 0.15) is 11.5 Å². The van der Waals surface area contributed by atoms with Gasteiger partial charge >= 0.3 is 0 Å². The molecule has 0 atom stereocenters. The van der Waals surface area contributed by atoms with Crippen LogP contribution < -0.4 is 10.1 Å². The molecule has 0 unspecified atom stereocenters. The number of nitrogens with one attached hydrogen (secondary N) is 1. The second-order valence-electron chi connectivity index (χ2n) is 6.19. The van der Waals surface area contributed by atoms with E-state index in [0.717, 1.165) is 49.9 Å². The first kappa shape index (κ1) is 21.3. The number of aliphatic imine (C=N–C) groups is 1. The Morgan fingerprint density at radius 2 is 2.07 bits per heavy atom. The average molecular weight is 481 g/mol. The lowest BCUT2D eigenvalue weighted by atomic mass is 9.99. The van der Waals surface area contributed by atoms with Gasteiger partial charge in [0, 0.05) is 33.1 Å². The van der Waals surface area contributed by atoms with E-state index < -0.39 is 0 Å². The van der Waals surface area contributed by atoms with Gasteiger partial charge in [0.25, 0.3) is 0 Å². The lowest BCUT2D eigenvalue weighted by molar-refractivity contribution is 0.340. The summed E-state index contributed by atoms with van der Waals surface area (Å²) in [6.45, 7) is 5.33. The van der Waals surface area contributed by atoms with Gasteiger partial charge in [-0.3, -0.25) is 4.99 Å². The second kappa shape index (κ2) is 11.0. The quantitative estimate of drug-likeness (QED) is 0.382. The van der Waals surface area contributed by atoms with E-state index in [9.17, 15) is 0 Å². The fourth-order valence-corrected chi connectivity index (χ4v) is 3.14.